The lowest BCUT2D eigenvalue weighted by atomic mass is 9.90. The maximum atomic E-state index is 13.0. The van der Waals surface area contributed by atoms with Gasteiger partial charge < -0.3 is 37.8 Å². The highest BCUT2D eigenvalue weighted by Gasteiger charge is 2.48. The number of carbonyl (C=O) groups excluding carboxylic acids is 4. The summed E-state index contributed by atoms with van der Waals surface area (Å²) in [6.07, 6.45) is 0.172. The van der Waals surface area contributed by atoms with Gasteiger partial charge in [-0.15, -0.1) is 0 Å². The number of rotatable bonds is 18. The minimum atomic E-state index is -5.86. The minimum absolute atomic E-state index is 0.0146. The number of phenols is 1. The third kappa shape index (κ3) is 23.4. The number of alkyl halides is 2. The average Bonchev–Trinajstić information content (AvgIpc) is 4.04. The Labute approximate surface area is 519 Å². The molecular formula is C68H85F2NO15S2. The molecule has 6 aromatic carbocycles. The predicted molar refractivity (Wildman–Crippen MR) is 337 cm³/mol. The number of esters is 4. The van der Waals surface area contributed by atoms with Crippen LogP contribution in [0.2, 0.25) is 0 Å². The van der Waals surface area contributed by atoms with Gasteiger partial charge in [-0.1, -0.05) is 82.3 Å². The first-order valence-corrected chi connectivity index (χ1v) is 31.3. The third-order valence-electron chi connectivity index (χ3n) is 13.9. The van der Waals surface area contributed by atoms with Crippen LogP contribution in [0.15, 0.2) is 182 Å². The van der Waals surface area contributed by atoms with Crippen LogP contribution in [0.3, 0.4) is 0 Å². The molecule has 0 amide bonds. The van der Waals surface area contributed by atoms with Crippen molar-refractivity contribution in [1.29, 1.82) is 0 Å². The number of oxazole rings is 1. The van der Waals surface area contributed by atoms with E-state index in [9.17, 15) is 45.7 Å². The van der Waals surface area contributed by atoms with Crippen molar-refractivity contribution in [2.45, 2.75) is 168 Å². The molecule has 0 fully saturated rings. The number of H-pyrrole nitrogens is 1. The molecule has 0 aliphatic carbocycles. The van der Waals surface area contributed by atoms with Crippen LogP contribution in [0, 0.1) is 21.7 Å². The summed E-state index contributed by atoms with van der Waals surface area (Å²) in [4.78, 5) is 64.5. The molecule has 0 radical (unpaired) electrons. The Hall–Kier alpha value is -7.81. The quantitative estimate of drug-likeness (QED) is 0.0352. The fourth-order valence-corrected chi connectivity index (χ4v) is 8.97. The number of nitrogens with one attached hydrogen (secondary N) is 1. The summed E-state index contributed by atoms with van der Waals surface area (Å²) >= 11 is 0. The Kier molecular flexibility index (Phi) is 27.4. The largest absolute Gasteiger partial charge is 0.743 e. The number of ether oxygens (including phenoxy) is 5. The molecule has 0 aliphatic heterocycles. The Balaban J connectivity index is 0.000000288. The number of carbonyl (C=O) groups is 4. The second kappa shape index (κ2) is 32.4. The van der Waals surface area contributed by atoms with Gasteiger partial charge in [0.05, 0.1) is 38.1 Å². The summed E-state index contributed by atoms with van der Waals surface area (Å²) in [6.45, 7) is 28.2. The SMILES string of the molecule is CCC(C)(C)C(=O)OC(C)C(F)(F)S(=O)(=O)[O-].CCC(C)(C)C(=O)Oc1ccc(O)cc1.CCC(C)(C)C(=O)Oc1ccc(OC(C)(C)C)cc1.CCC(C)(C)C(=O)Oc1ccc2[nH]c(=O)oc2c1.c1ccc([S+](c2ccccc2)c2ccccc2)cc1. The van der Waals surface area contributed by atoms with Crippen LogP contribution < -0.4 is 24.7 Å². The summed E-state index contributed by atoms with van der Waals surface area (Å²) in [5, 5.41) is 4.42. The number of halogens is 2. The van der Waals surface area contributed by atoms with E-state index in [1.807, 2.05) is 95.2 Å². The maximum absolute atomic E-state index is 13.0. The van der Waals surface area contributed by atoms with Gasteiger partial charge in [-0.05, 0) is 206 Å². The first kappa shape index (κ1) is 74.4. The summed E-state index contributed by atoms with van der Waals surface area (Å²) < 4.78 is 87.6. The summed E-state index contributed by atoms with van der Waals surface area (Å²) in [5.41, 5.74) is -1.76. The molecule has 7 aromatic rings. The van der Waals surface area contributed by atoms with E-state index in [2.05, 4.69) is 101 Å². The highest BCUT2D eigenvalue weighted by molar-refractivity contribution is 7.97. The number of hydrogen-bond acceptors (Lipinski definition) is 15. The molecule has 16 nitrogen and oxygen atoms in total. The molecule has 1 heterocycles. The summed E-state index contributed by atoms with van der Waals surface area (Å²) in [7, 11) is -5.87. The second-order valence-electron chi connectivity index (χ2n) is 23.8. The van der Waals surface area contributed by atoms with E-state index < -0.39 is 54.9 Å². The van der Waals surface area contributed by atoms with Gasteiger partial charge >= 0.3 is 34.9 Å². The molecule has 1 unspecified atom stereocenters. The Bertz CT molecular complexity index is 3390. The molecule has 1 atom stereocenters. The maximum Gasteiger partial charge on any atom is 0.417 e. The molecule has 0 saturated carbocycles. The number of benzene rings is 6. The molecule has 0 spiro atoms. The monoisotopic (exact) mass is 1260 g/mol. The summed E-state index contributed by atoms with van der Waals surface area (Å²) in [5.74, 6) is 0.0334. The van der Waals surface area contributed by atoms with Crippen LogP contribution in [0.5, 0.6) is 28.7 Å². The van der Waals surface area contributed by atoms with Gasteiger partial charge in [-0.3, -0.25) is 24.2 Å². The second-order valence-corrected chi connectivity index (χ2v) is 27.3. The number of phenolic OH excluding ortho intramolecular Hbond substituents is 1. The standard InChI is InChI=1S/C18H15S.C16H24O3.C13H15NO4.C12H16O3.C9H16F2O5S/c1-4-10-16(11-5-1)19(17-12-6-2-7-13-17)18-14-8-3-9-15-18;1-7-16(5,6)14(17)18-12-8-10-13(11-9-12)19-15(2,3)4;1-4-13(2,3)11(15)17-8-5-6-9-10(7-8)18-12(16)14-9;1-4-12(2,3)11(14)15-10-7-5-9(13)6-8-10;1-5-8(3,4)7(12)16-6(2)9(10,11)17(13,14)15/h1-15H;8-11H,7H2,1-6H3;5-7H,4H2,1-3H3,(H,14,16);5-8,13H,4H2,1-3H3;6H,5H2,1-4H3,(H,13,14,15)/q+1;;;;/p-1. The van der Waals surface area contributed by atoms with E-state index >= 15 is 0 Å². The summed E-state index contributed by atoms with van der Waals surface area (Å²) in [6, 6.07) is 50.2. The lowest BCUT2D eigenvalue weighted by Gasteiger charge is -2.29. The zero-order chi connectivity index (χ0) is 66.5. The van der Waals surface area contributed by atoms with E-state index in [-0.39, 0.29) is 40.2 Å². The number of aromatic hydroxyl groups is 1. The average molecular weight is 1260 g/mol. The normalized spacial score (nSPS) is 12.2. The number of aromatic amines is 1. The Morgan fingerprint density at radius 2 is 0.864 bits per heavy atom. The molecule has 1 aromatic heterocycles. The minimum Gasteiger partial charge on any atom is -0.743 e. The highest BCUT2D eigenvalue weighted by Crippen LogP contribution is 2.33. The van der Waals surface area contributed by atoms with E-state index in [0.29, 0.717) is 48.1 Å². The molecule has 88 heavy (non-hydrogen) atoms. The van der Waals surface area contributed by atoms with Gasteiger partial charge in [-0.25, -0.2) is 13.2 Å². The van der Waals surface area contributed by atoms with Crippen LogP contribution >= 0.6 is 0 Å². The zero-order valence-corrected chi connectivity index (χ0v) is 54.8. The van der Waals surface area contributed by atoms with Crippen molar-refractivity contribution in [3.05, 3.63) is 168 Å². The molecule has 0 aliphatic rings. The van der Waals surface area contributed by atoms with Crippen molar-refractivity contribution in [2.24, 2.45) is 21.7 Å². The Morgan fingerprint density at radius 1 is 0.534 bits per heavy atom. The van der Waals surface area contributed by atoms with Crippen molar-refractivity contribution in [1.82, 2.24) is 4.98 Å². The van der Waals surface area contributed by atoms with Gasteiger partial charge in [0.15, 0.2) is 36.5 Å². The molecule has 0 bridgehead atoms. The smallest absolute Gasteiger partial charge is 0.417 e. The van der Waals surface area contributed by atoms with Gasteiger partial charge in [0.2, 0.25) is 0 Å². The van der Waals surface area contributed by atoms with Crippen LogP contribution in [0.25, 0.3) is 11.1 Å². The fourth-order valence-electron chi connectivity index (χ4n) is 6.42. The number of fused-ring (bicyclic) bond motifs is 1. The van der Waals surface area contributed by atoms with Gasteiger partial charge in [0, 0.05) is 6.07 Å². The lowest BCUT2D eigenvalue weighted by molar-refractivity contribution is -0.170. The third-order valence-corrected chi connectivity index (χ3v) is 17.1. The van der Waals surface area contributed by atoms with E-state index in [4.69, 9.17) is 28.5 Å². The predicted octanol–water partition coefficient (Wildman–Crippen LogP) is 15.7. The van der Waals surface area contributed by atoms with Crippen molar-refractivity contribution in [3.8, 4) is 28.7 Å². The molecule has 2 N–H and O–H groups in total. The van der Waals surface area contributed by atoms with Gasteiger partial charge in [0.25, 0.3) is 0 Å². The van der Waals surface area contributed by atoms with Crippen LogP contribution in [-0.4, -0.2) is 63.9 Å². The van der Waals surface area contributed by atoms with Crippen LogP contribution in [0.1, 0.15) is 136 Å². The van der Waals surface area contributed by atoms with E-state index in [1.165, 1.54) is 46.7 Å². The topological polar surface area (TPSA) is 238 Å². The lowest BCUT2D eigenvalue weighted by Crippen LogP contribution is -2.44. The van der Waals surface area contributed by atoms with Crippen molar-refractivity contribution in [2.75, 3.05) is 0 Å². The van der Waals surface area contributed by atoms with Crippen molar-refractivity contribution < 1.29 is 74.1 Å². The highest BCUT2D eigenvalue weighted by atomic mass is 32.2. The molecule has 0 saturated heterocycles. The van der Waals surface area contributed by atoms with E-state index in [1.54, 1.807) is 43.3 Å². The van der Waals surface area contributed by atoms with Gasteiger partial charge in [-0.2, -0.15) is 8.78 Å². The zero-order valence-electron chi connectivity index (χ0n) is 53.2. The number of aromatic nitrogens is 1. The molecule has 478 valence electrons. The van der Waals surface area contributed by atoms with Crippen molar-refractivity contribution >= 4 is 56.0 Å². The first-order chi connectivity index (χ1) is 40.8. The van der Waals surface area contributed by atoms with Gasteiger partial charge in [0.1, 0.15) is 34.3 Å². The fraction of sp³-hybridized carbons (Fsp3) is 0.397. The van der Waals surface area contributed by atoms with Crippen molar-refractivity contribution in [3.63, 3.8) is 0 Å². The molecular weight excluding hydrogens is 1170 g/mol. The molecule has 20 heteroatoms. The molecule has 7 rings (SSSR count). The Morgan fingerprint density at radius 3 is 1.22 bits per heavy atom. The van der Waals surface area contributed by atoms with E-state index in [0.717, 1.165) is 18.6 Å². The first-order valence-electron chi connectivity index (χ1n) is 28.6. The number of hydrogen-bond donors (Lipinski definition) is 2. The van der Waals surface area contributed by atoms with Crippen LogP contribution in [0.4, 0.5) is 8.78 Å². The van der Waals surface area contributed by atoms with Crippen LogP contribution in [-0.2, 0) is 44.9 Å².